The van der Waals surface area contributed by atoms with Crippen molar-refractivity contribution in [2.75, 3.05) is 25.0 Å². The van der Waals surface area contributed by atoms with Crippen LogP contribution in [0.3, 0.4) is 0 Å². The lowest BCUT2D eigenvalue weighted by Gasteiger charge is -2.38. The first-order valence-corrected chi connectivity index (χ1v) is 9.29. The van der Waals surface area contributed by atoms with Gasteiger partial charge in [-0.25, -0.2) is 4.39 Å². The number of imidazole rings is 1. The lowest BCUT2D eigenvalue weighted by Crippen LogP contribution is -2.45. The smallest absolute Gasteiger partial charge is 0.371 e. The van der Waals surface area contributed by atoms with Crippen molar-refractivity contribution in [2.24, 2.45) is 0 Å². The molecule has 1 aromatic heterocycles. The lowest BCUT2D eigenvalue weighted by atomic mass is 10.0. The van der Waals surface area contributed by atoms with E-state index in [9.17, 15) is 19.3 Å². The molecule has 2 heterocycles. The molecule has 3 rings (SSSR count). The first-order valence-electron chi connectivity index (χ1n) is 9.29. The van der Waals surface area contributed by atoms with Crippen LogP contribution in [0, 0.1) is 22.9 Å². The summed E-state index contributed by atoms with van der Waals surface area (Å²) in [4.78, 5) is 30.7. The normalized spacial score (nSPS) is 14.9. The summed E-state index contributed by atoms with van der Waals surface area (Å²) in [7, 11) is 1.81. The number of rotatable bonds is 6. The van der Waals surface area contributed by atoms with Gasteiger partial charge in [-0.3, -0.25) is 4.79 Å². The van der Waals surface area contributed by atoms with Crippen molar-refractivity contribution in [3.63, 3.8) is 0 Å². The van der Waals surface area contributed by atoms with E-state index in [1.165, 1.54) is 18.3 Å². The maximum atomic E-state index is 13.1. The van der Waals surface area contributed by atoms with Crippen LogP contribution in [-0.4, -0.2) is 51.5 Å². The zero-order valence-electron chi connectivity index (χ0n) is 16.0. The van der Waals surface area contributed by atoms with E-state index in [0.29, 0.717) is 12.4 Å². The van der Waals surface area contributed by atoms with Crippen molar-refractivity contribution in [1.82, 2.24) is 14.5 Å². The Morgan fingerprint density at radius 2 is 1.96 bits per heavy atom. The van der Waals surface area contributed by atoms with Crippen LogP contribution in [-0.2, 0) is 11.3 Å². The minimum Gasteiger partial charge on any atom is -0.371 e. The highest BCUT2D eigenvalue weighted by molar-refractivity contribution is 5.76. The van der Waals surface area contributed by atoms with Crippen LogP contribution >= 0.6 is 0 Å². The van der Waals surface area contributed by atoms with Crippen LogP contribution in [0.25, 0.3) is 0 Å². The van der Waals surface area contributed by atoms with Crippen LogP contribution in [0.15, 0.2) is 30.5 Å². The summed E-state index contributed by atoms with van der Waals surface area (Å²) in [6.45, 7) is 3.66. The molecule has 28 heavy (non-hydrogen) atoms. The number of hydrogen-bond acceptors (Lipinski definition) is 5. The highest BCUT2D eigenvalue weighted by Crippen LogP contribution is 2.23. The molecule has 0 saturated carbocycles. The van der Waals surface area contributed by atoms with Gasteiger partial charge in [-0.05, 0) is 47.0 Å². The van der Waals surface area contributed by atoms with E-state index >= 15 is 0 Å². The quantitative estimate of drug-likeness (QED) is 0.560. The van der Waals surface area contributed by atoms with Gasteiger partial charge in [0.05, 0.1) is 0 Å². The molecule has 1 aliphatic rings. The summed E-state index contributed by atoms with van der Waals surface area (Å²) in [6, 6.07) is 6.62. The summed E-state index contributed by atoms with van der Waals surface area (Å²) >= 11 is 0. The molecular formula is C19H24FN5O3. The van der Waals surface area contributed by atoms with Gasteiger partial charge in [0.2, 0.25) is 11.7 Å². The second kappa shape index (κ2) is 8.37. The Morgan fingerprint density at radius 1 is 1.32 bits per heavy atom. The van der Waals surface area contributed by atoms with Crippen LogP contribution in [0.1, 0.15) is 25.1 Å². The van der Waals surface area contributed by atoms with Gasteiger partial charge in [0.15, 0.2) is 0 Å². The first kappa shape index (κ1) is 19.8. The molecule has 9 heteroatoms. The molecule has 0 N–H and O–H groups in total. The average molecular weight is 389 g/mol. The van der Waals surface area contributed by atoms with Gasteiger partial charge >= 0.3 is 5.82 Å². The van der Waals surface area contributed by atoms with Crippen LogP contribution in [0.2, 0.25) is 0 Å². The maximum absolute atomic E-state index is 13.1. The fraction of sp³-hybridized carbons (Fsp3) is 0.474. The number of hydrogen-bond donors (Lipinski definition) is 0. The molecule has 2 aromatic rings. The predicted molar refractivity (Wildman–Crippen MR) is 103 cm³/mol. The van der Waals surface area contributed by atoms with E-state index in [-0.39, 0.29) is 30.0 Å². The van der Waals surface area contributed by atoms with Crippen molar-refractivity contribution < 1.29 is 14.1 Å². The number of carbonyl (C=O) groups excluding carboxylic acids is 1. The van der Waals surface area contributed by atoms with Gasteiger partial charge in [0, 0.05) is 51.8 Å². The molecule has 0 bridgehead atoms. The number of anilines is 1. The van der Waals surface area contributed by atoms with E-state index in [4.69, 9.17) is 0 Å². The fourth-order valence-electron chi connectivity index (χ4n) is 3.57. The molecule has 0 unspecified atom stereocenters. The SMILES string of the molecule is Cc1nc([N+](=O)[O-])cn1CCC(=O)N(C)C1CCN(c2ccc(F)cc2)CC1. The standard InChI is InChI=1S/C19H24FN5O3/c1-14-21-18(25(27)28)13-24(14)12-9-19(26)22(2)16-7-10-23(11-8-16)17-5-3-15(20)4-6-17/h3-6,13,16H,7-12H2,1-2H3. The molecule has 0 atom stereocenters. The molecule has 0 aliphatic carbocycles. The molecule has 1 aromatic carbocycles. The van der Waals surface area contributed by atoms with Crippen LogP contribution in [0.5, 0.6) is 0 Å². The molecule has 150 valence electrons. The highest BCUT2D eigenvalue weighted by atomic mass is 19.1. The largest absolute Gasteiger partial charge is 0.381 e. The zero-order valence-corrected chi connectivity index (χ0v) is 16.0. The van der Waals surface area contributed by atoms with E-state index in [2.05, 4.69) is 9.88 Å². The third kappa shape index (κ3) is 4.47. The van der Waals surface area contributed by atoms with Crippen molar-refractivity contribution in [2.45, 2.75) is 38.8 Å². The minimum atomic E-state index is -0.535. The monoisotopic (exact) mass is 389 g/mol. The molecule has 1 saturated heterocycles. The maximum Gasteiger partial charge on any atom is 0.381 e. The van der Waals surface area contributed by atoms with Crippen molar-refractivity contribution in [3.05, 3.63) is 52.2 Å². The zero-order chi connectivity index (χ0) is 20.3. The van der Waals surface area contributed by atoms with Crippen LogP contribution < -0.4 is 4.90 Å². The van der Waals surface area contributed by atoms with E-state index < -0.39 is 4.92 Å². The Balaban J connectivity index is 1.50. The number of piperidine rings is 1. The summed E-state index contributed by atoms with van der Waals surface area (Å²) in [5, 5.41) is 10.8. The van der Waals surface area contributed by atoms with Gasteiger partial charge in [-0.2, -0.15) is 0 Å². The van der Waals surface area contributed by atoms with E-state index in [0.717, 1.165) is 31.6 Å². The number of aromatic nitrogens is 2. The van der Waals surface area contributed by atoms with Crippen LogP contribution in [0.4, 0.5) is 15.9 Å². The number of carbonyl (C=O) groups is 1. The molecular weight excluding hydrogens is 365 g/mol. The molecule has 0 spiro atoms. The number of aryl methyl sites for hydroxylation is 2. The second-order valence-corrected chi connectivity index (χ2v) is 7.05. The van der Waals surface area contributed by atoms with Gasteiger partial charge < -0.3 is 24.5 Å². The Labute approximate surface area is 162 Å². The third-order valence-electron chi connectivity index (χ3n) is 5.31. The van der Waals surface area contributed by atoms with Gasteiger partial charge in [-0.1, -0.05) is 0 Å². The molecule has 1 fully saturated rings. The molecule has 0 radical (unpaired) electrons. The van der Waals surface area contributed by atoms with Crippen molar-refractivity contribution >= 4 is 17.4 Å². The number of benzene rings is 1. The summed E-state index contributed by atoms with van der Waals surface area (Å²) in [5.41, 5.74) is 0.992. The lowest BCUT2D eigenvalue weighted by molar-refractivity contribution is -0.389. The summed E-state index contributed by atoms with van der Waals surface area (Å²) in [6.07, 6.45) is 3.32. The Kier molecular flexibility index (Phi) is 5.91. The number of nitro groups is 1. The Bertz CT molecular complexity index is 844. The summed E-state index contributed by atoms with van der Waals surface area (Å²) in [5.74, 6) is 0.0830. The third-order valence-corrected chi connectivity index (χ3v) is 5.31. The predicted octanol–water partition coefficient (Wildman–Crippen LogP) is 2.76. The van der Waals surface area contributed by atoms with E-state index in [1.54, 1.807) is 28.5 Å². The van der Waals surface area contributed by atoms with Gasteiger partial charge in [0.25, 0.3) is 0 Å². The van der Waals surface area contributed by atoms with Crippen molar-refractivity contribution in [1.29, 1.82) is 0 Å². The topological polar surface area (TPSA) is 84.5 Å². The highest BCUT2D eigenvalue weighted by Gasteiger charge is 2.26. The molecule has 1 aliphatic heterocycles. The number of amides is 1. The van der Waals surface area contributed by atoms with Crippen molar-refractivity contribution in [3.8, 4) is 0 Å². The number of nitrogens with zero attached hydrogens (tertiary/aromatic N) is 5. The first-order chi connectivity index (χ1) is 13.3. The summed E-state index contributed by atoms with van der Waals surface area (Å²) < 4.78 is 14.7. The Hall–Kier alpha value is -2.97. The van der Waals surface area contributed by atoms with Gasteiger partial charge in [0.1, 0.15) is 12.0 Å². The second-order valence-electron chi connectivity index (χ2n) is 7.05. The fourth-order valence-corrected chi connectivity index (χ4v) is 3.57. The number of halogens is 1. The molecule has 8 nitrogen and oxygen atoms in total. The van der Waals surface area contributed by atoms with E-state index in [1.807, 2.05) is 7.05 Å². The Morgan fingerprint density at radius 3 is 2.54 bits per heavy atom. The average Bonchev–Trinajstić information content (AvgIpc) is 3.07. The minimum absolute atomic E-state index is 0.0102. The molecule has 1 amide bonds. The van der Waals surface area contributed by atoms with Gasteiger partial charge in [-0.15, -0.1) is 0 Å².